The highest BCUT2D eigenvalue weighted by Gasteiger charge is 2.26. The van der Waals surface area contributed by atoms with E-state index in [1.165, 1.54) is 12.1 Å². The van der Waals surface area contributed by atoms with E-state index in [-0.39, 0.29) is 10.6 Å². The summed E-state index contributed by atoms with van der Waals surface area (Å²) in [7, 11) is -3.55. The lowest BCUT2D eigenvalue weighted by Gasteiger charge is -2.38. The minimum absolute atomic E-state index is 0.0320. The molecule has 0 atom stereocenters. The third-order valence-corrected chi connectivity index (χ3v) is 6.25. The Morgan fingerprint density at radius 1 is 1.19 bits per heavy atom. The van der Waals surface area contributed by atoms with Crippen LogP contribution in [0.1, 0.15) is 12.8 Å². The summed E-state index contributed by atoms with van der Waals surface area (Å²) in [5, 5.41) is 11.0. The topological polar surface area (TPSA) is 93.0 Å². The molecule has 0 unspecified atom stereocenters. The van der Waals surface area contributed by atoms with Crippen LogP contribution >= 0.6 is 0 Å². The van der Waals surface area contributed by atoms with Crippen LogP contribution in [0.2, 0.25) is 0 Å². The van der Waals surface area contributed by atoms with Crippen LogP contribution in [0.15, 0.2) is 23.1 Å². The van der Waals surface area contributed by atoms with Crippen LogP contribution in [-0.2, 0) is 14.6 Å². The van der Waals surface area contributed by atoms with Gasteiger partial charge in [-0.05, 0) is 24.8 Å². The molecular weight excluding hydrogens is 358 g/mol. The van der Waals surface area contributed by atoms with E-state index >= 15 is 0 Å². The number of hydrogen-bond donors (Lipinski definition) is 0. The molecule has 3 rings (SSSR count). The van der Waals surface area contributed by atoms with Gasteiger partial charge in [0.15, 0.2) is 9.84 Å². The van der Waals surface area contributed by atoms with E-state index in [0.717, 1.165) is 51.9 Å². The Balaban J connectivity index is 1.69. The number of non-ortho nitro benzene ring substituents is 1. The predicted molar refractivity (Wildman–Crippen MR) is 98.4 cm³/mol. The summed E-state index contributed by atoms with van der Waals surface area (Å²) in [6.07, 6.45) is 3.29. The van der Waals surface area contributed by atoms with Crippen molar-refractivity contribution in [3.8, 4) is 0 Å². The molecule has 9 heteroatoms. The lowest BCUT2D eigenvalue weighted by atomic mass is 9.99. The normalized spacial score (nSPS) is 20.3. The number of ether oxygens (including phenoxy) is 1. The van der Waals surface area contributed by atoms with Gasteiger partial charge in [0.25, 0.3) is 5.69 Å². The Bertz CT molecular complexity index is 754. The van der Waals surface area contributed by atoms with Crippen LogP contribution in [0, 0.1) is 16.0 Å². The van der Waals surface area contributed by atoms with Gasteiger partial charge in [0.05, 0.1) is 15.5 Å². The molecule has 144 valence electrons. The van der Waals surface area contributed by atoms with E-state index in [4.69, 9.17) is 4.74 Å². The van der Waals surface area contributed by atoms with Gasteiger partial charge in [-0.3, -0.25) is 15.0 Å². The lowest BCUT2D eigenvalue weighted by Crippen LogP contribution is -2.48. The average Bonchev–Trinajstić information content (AvgIpc) is 2.62. The van der Waals surface area contributed by atoms with Crippen LogP contribution in [0.4, 0.5) is 11.4 Å². The molecule has 2 fully saturated rings. The molecule has 0 radical (unpaired) electrons. The van der Waals surface area contributed by atoms with Gasteiger partial charge in [-0.25, -0.2) is 8.42 Å². The molecule has 0 bridgehead atoms. The fraction of sp³-hybridized carbons (Fsp3) is 0.647. The quantitative estimate of drug-likeness (QED) is 0.562. The van der Waals surface area contributed by atoms with Crippen molar-refractivity contribution in [2.75, 3.05) is 57.1 Å². The first-order valence-corrected chi connectivity index (χ1v) is 10.8. The zero-order valence-corrected chi connectivity index (χ0v) is 15.8. The van der Waals surface area contributed by atoms with Gasteiger partial charge >= 0.3 is 0 Å². The fourth-order valence-electron chi connectivity index (χ4n) is 3.64. The molecule has 0 aliphatic carbocycles. The third-order valence-electron chi connectivity index (χ3n) is 5.12. The second-order valence-electron chi connectivity index (χ2n) is 7.02. The number of piperazine rings is 1. The first kappa shape index (κ1) is 19.1. The largest absolute Gasteiger partial charge is 0.381 e. The molecule has 0 N–H and O–H groups in total. The van der Waals surface area contributed by atoms with Gasteiger partial charge < -0.3 is 9.64 Å². The Morgan fingerprint density at radius 3 is 2.42 bits per heavy atom. The summed E-state index contributed by atoms with van der Waals surface area (Å²) in [5.74, 6) is 0.668. The number of nitro groups is 1. The van der Waals surface area contributed by atoms with E-state index in [1.807, 2.05) is 4.90 Å². The number of nitrogens with zero attached hydrogens (tertiary/aromatic N) is 3. The highest BCUT2D eigenvalue weighted by atomic mass is 32.2. The third kappa shape index (κ3) is 4.52. The minimum atomic E-state index is -3.55. The SMILES string of the molecule is CS(=O)(=O)c1cc([N+](=O)[O-])ccc1N1CCN(CC2CCOCC2)CC1. The van der Waals surface area contributed by atoms with Gasteiger partial charge in [0, 0.05) is 64.3 Å². The standard InChI is InChI=1S/C17H25N3O5S/c1-26(23,24)17-12-15(20(21)22)2-3-16(17)19-8-6-18(7-9-19)13-14-4-10-25-11-5-14/h2-3,12,14H,4-11,13H2,1H3. The van der Waals surface area contributed by atoms with Gasteiger partial charge in [-0.1, -0.05) is 0 Å². The lowest BCUT2D eigenvalue weighted by molar-refractivity contribution is -0.385. The molecule has 1 aromatic rings. The Morgan fingerprint density at radius 2 is 1.85 bits per heavy atom. The predicted octanol–water partition coefficient (Wildman–Crippen LogP) is 1.55. The maximum Gasteiger partial charge on any atom is 0.270 e. The van der Waals surface area contributed by atoms with E-state index in [1.54, 1.807) is 6.07 Å². The first-order valence-electron chi connectivity index (χ1n) is 8.88. The molecule has 2 heterocycles. The summed E-state index contributed by atoms with van der Waals surface area (Å²) >= 11 is 0. The number of anilines is 1. The van der Waals surface area contributed by atoms with Gasteiger partial charge in [0.1, 0.15) is 0 Å². The van der Waals surface area contributed by atoms with Crippen molar-refractivity contribution < 1.29 is 18.1 Å². The van der Waals surface area contributed by atoms with Crippen LogP contribution in [-0.4, -0.2) is 70.4 Å². The van der Waals surface area contributed by atoms with Crippen molar-refractivity contribution in [1.29, 1.82) is 0 Å². The zero-order valence-electron chi connectivity index (χ0n) is 15.0. The van der Waals surface area contributed by atoms with E-state index in [9.17, 15) is 18.5 Å². The second-order valence-corrected chi connectivity index (χ2v) is 9.01. The molecule has 0 aromatic heterocycles. The molecule has 2 aliphatic heterocycles. The summed E-state index contributed by atoms with van der Waals surface area (Å²) in [6.45, 7) is 5.87. The number of nitro benzene ring substituents is 1. The van der Waals surface area contributed by atoms with E-state index < -0.39 is 14.8 Å². The highest BCUT2D eigenvalue weighted by molar-refractivity contribution is 7.90. The van der Waals surface area contributed by atoms with Crippen LogP contribution in [0.5, 0.6) is 0 Å². The number of sulfone groups is 1. The Hall–Kier alpha value is -1.71. The minimum Gasteiger partial charge on any atom is -0.381 e. The smallest absolute Gasteiger partial charge is 0.270 e. The summed E-state index contributed by atoms with van der Waals surface area (Å²) in [6, 6.07) is 4.10. The van der Waals surface area contributed by atoms with Crippen LogP contribution < -0.4 is 4.90 Å². The van der Waals surface area contributed by atoms with Crippen molar-refractivity contribution >= 4 is 21.2 Å². The Labute approximate surface area is 153 Å². The maximum atomic E-state index is 12.1. The van der Waals surface area contributed by atoms with Crippen molar-refractivity contribution in [1.82, 2.24) is 4.90 Å². The van der Waals surface area contributed by atoms with Gasteiger partial charge in [0.2, 0.25) is 0 Å². The van der Waals surface area contributed by atoms with Gasteiger partial charge in [-0.15, -0.1) is 0 Å². The highest BCUT2D eigenvalue weighted by Crippen LogP contribution is 2.30. The van der Waals surface area contributed by atoms with Crippen LogP contribution in [0.3, 0.4) is 0 Å². The summed E-state index contributed by atoms with van der Waals surface area (Å²) in [5.41, 5.74) is 0.358. The molecule has 0 amide bonds. The molecule has 2 aliphatic rings. The second kappa shape index (κ2) is 7.89. The number of hydrogen-bond acceptors (Lipinski definition) is 7. The molecule has 0 saturated carbocycles. The molecule has 2 saturated heterocycles. The van der Waals surface area contributed by atoms with Crippen molar-refractivity contribution in [3.05, 3.63) is 28.3 Å². The van der Waals surface area contributed by atoms with Gasteiger partial charge in [-0.2, -0.15) is 0 Å². The van der Waals surface area contributed by atoms with E-state index in [2.05, 4.69) is 4.90 Å². The average molecular weight is 383 g/mol. The molecule has 0 spiro atoms. The maximum absolute atomic E-state index is 12.1. The molecule has 8 nitrogen and oxygen atoms in total. The Kier molecular flexibility index (Phi) is 5.79. The van der Waals surface area contributed by atoms with Crippen LogP contribution in [0.25, 0.3) is 0 Å². The molecular formula is C17H25N3O5S. The first-order chi connectivity index (χ1) is 12.3. The number of rotatable bonds is 5. The monoisotopic (exact) mass is 383 g/mol. The number of benzene rings is 1. The summed E-state index contributed by atoms with van der Waals surface area (Å²) in [4.78, 5) is 14.9. The summed E-state index contributed by atoms with van der Waals surface area (Å²) < 4.78 is 29.7. The van der Waals surface area contributed by atoms with Crippen molar-refractivity contribution in [2.45, 2.75) is 17.7 Å². The van der Waals surface area contributed by atoms with Crippen molar-refractivity contribution in [3.63, 3.8) is 0 Å². The zero-order chi connectivity index (χ0) is 18.7. The molecule has 26 heavy (non-hydrogen) atoms. The fourth-order valence-corrected chi connectivity index (χ4v) is 4.55. The molecule has 1 aromatic carbocycles. The van der Waals surface area contributed by atoms with Crippen molar-refractivity contribution in [2.24, 2.45) is 5.92 Å². The van der Waals surface area contributed by atoms with E-state index in [0.29, 0.717) is 24.7 Å².